The topological polar surface area (TPSA) is 52.8 Å². The van der Waals surface area contributed by atoms with Gasteiger partial charge in [0.25, 0.3) is 5.91 Å². The van der Waals surface area contributed by atoms with Crippen molar-refractivity contribution in [3.8, 4) is 0 Å². The molecule has 0 spiro atoms. The zero-order valence-corrected chi connectivity index (χ0v) is 19.4. The van der Waals surface area contributed by atoms with Gasteiger partial charge in [-0.05, 0) is 53.6 Å². The largest absolute Gasteiger partial charge is 0.459 e. The molecule has 2 aromatic heterocycles. The molecule has 6 nitrogen and oxygen atoms in total. The summed E-state index contributed by atoms with van der Waals surface area (Å²) in [7, 11) is 0. The van der Waals surface area contributed by atoms with Crippen LogP contribution in [-0.2, 0) is 13.1 Å². The molecule has 3 heterocycles. The predicted octanol–water partition coefficient (Wildman–Crippen LogP) is 4.98. The number of rotatable bonds is 7. The minimum absolute atomic E-state index is 0.229. The van der Waals surface area contributed by atoms with Crippen LogP contribution in [0.15, 0.2) is 95.7 Å². The Morgan fingerprint density at radius 2 is 1.66 bits per heavy atom. The normalized spacial score (nSPS) is 14.1. The molecule has 1 aliphatic heterocycles. The number of benzene rings is 2. The van der Waals surface area contributed by atoms with Gasteiger partial charge in [-0.3, -0.25) is 9.69 Å². The van der Waals surface area contributed by atoms with Crippen molar-refractivity contribution < 1.29 is 13.6 Å². The van der Waals surface area contributed by atoms with E-state index in [9.17, 15) is 9.18 Å². The highest BCUT2D eigenvalue weighted by molar-refractivity contribution is 6.04. The van der Waals surface area contributed by atoms with Gasteiger partial charge in [-0.1, -0.05) is 36.4 Å². The molecule has 4 aromatic rings. The third-order valence-electron chi connectivity index (χ3n) is 6.21. The minimum Gasteiger partial charge on any atom is -0.459 e. The van der Waals surface area contributed by atoms with Gasteiger partial charge in [0.2, 0.25) is 0 Å². The molecular weight excluding hydrogens is 443 g/mol. The molecule has 0 atom stereocenters. The Kier molecular flexibility index (Phi) is 6.86. The van der Waals surface area contributed by atoms with E-state index in [2.05, 4.69) is 39.0 Å². The van der Waals surface area contributed by atoms with Crippen LogP contribution in [0.1, 0.15) is 21.7 Å². The lowest BCUT2D eigenvalue weighted by Gasteiger charge is -2.35. The molecule has 1 fully saturated rings. The van der Waals surface area contributed by atoms with Crippen molar-refractivity contribution in [1.82, 2.24) is 9.88 Å². The molecule has 178 valence electrons. The van der Waals surface area contributed by atoms with Crippen LogP contribution in [0, 0.1) is 5.82 Å². The van der Waals surface area contributed by atoms with Crippen LogP contribution >= 0.6 is 0 Å². The quantitative estimate of drug-likeness (QED) is 0.381. The highest BCUT2D eigenvalue weighted by Crippen LogP contribution is 2.22. The van der Waals surface area contributed by atoms with Gasteiger partial charge in [0, 0.05) is 44.6 Å². The molecular formula is C28H27FN4O2. The summed E-state index contributed by atoms with van der Waals surface area (Å²) in [6.45, 7) is 5.05. The minimum atomic E-state index is -0.353. The first-order chi connectivity index (χ1) is 17.2. The predicted molar refractivity (Wildman–Crippen MR) is 134 cm³/mol. The van der Waals surface area contributed by atoms with Crippen LogP contribution in [0.25, 0.3) is 0 Å². The lowest BCUT2D eigenvalue weighted by Crippen LogP contribution is -2.46. The Balaban J connectivity index is 1.24. The summed E-state index contributed by atoms with van der Waals surface area (Å²) in [6.07, 6.45) is 3.27. The van der Waals surface area contributed by atoms with Crippen molar-refractivity contribution in [2.45, 2.75) is 13.1 Å². The third kappa shape index (κ3) is 5.58. The number of halogens is 1. The summed E-state index contributed by atoms with van der Waals surface area (Å²) in [4.78, 5) is 24.1. The number of aromatic nitrogens is 1. The zero-order chi connectivity index (χ0) is 24.0. The number of hydrogen-bond acceptors (Lipinski definition) is 5. The van der Waals surface area contributed by atoms with E-state index in [0.717, 1.165) is 44.1 Å². The smallest absolute Gasteiger partial charge is 0.294 e. The average Bonchev–Trinajstić information content (AvgIpc) is 3.44. The number of pyridine rings is 1. The Bertz CT molecular complexity index is 1220. The lowest BCUT2D eigenvalue weighted by molar-refractivity contribution is 0.0958. The van der Waals surface area contributed by atoms with Gasteiger partial charge in [-0.2, -0.15) is 0 Å². The van der Waals surface area contributed by atoms with Crippen LogP contribution in [0.2, 0.25) is 0 Å². The van der Waals surface area contributed by atoms with E-state index in [1.54, 1.807) is 35.4 Å². The average molecular weight is 471 g/mol. The van der Waals surface area contributed by atoms with Gasteiger partial charge in [0.05, 0.1) is 12.8 Å². The molecule has 35 heavy (non-hydrogen) atoms. The van der Waals surface area contributed by atoms with E-state index in [0.29, 0.717) is 12.2 Å². The van der Waals surface area contributed by atoms with Crippen LogP contribution < -0.4 is 9.80 Å². The summed E-state index contributed by atoms with van der Waals surface area (Å²) in [5, 5.41) is 0. The summed E-state index contributed by atoms with van der Waals surface area (Å²) in [5.41, 5.74) is 2.80. The Morgan fingerprint density at radius 1 is 0.886 bits per heavy atom. The van der Waals surface area contributed by atoms with E-state index in [1.165, 1.54) is 24.0 Å². The van der Waals surface area contributed by atoms with Gasteiger partial charge in [-0.25, -0.2) is 9.37 Å². The molecule has 7 heteroatoms. The number of anilines is 2. The number of furan rings is 1. The maximum atomic E-state index is 13.5. The molecule has 1 aliphatic rings. The fourth-order valence-electron chi connectivity index (χ4n) is 4.29. The molecule has 5 rings (SSSR count). The summed E-state index contributed by atoms with van der Waals surface area (Å²) in [6, 6.07) is 23.7. The lowest BCUT2D eigenvalue weighted by atomic mass is 10.2. The van der Waals surface area contributed by atoms with E-state index in [1.807, 2.05) is 18.2 Å². The Morgan fingerprint density at radius 3 is 2.31 bits per heavy atom. The van der Waals surface area contributed by atoms with Crippen LogP contribution in [0.3, 0.4) is 0 Å². The first kappa shape index (κ1) is 22.8. The van der Waals surface area contributed by atoms with Crippen LogP contribution in [0.5, 0.6) is 0 Å². The molecule has 1 saturated heterocycles. The standard InChI is InChI=1S/C28H27FN4O2/c29-24-9-11-25(12-10-24)33(28(34)26-7-4-18-35-26)21-23-8-13-27(30-19-23)32-16-14-31(15-17-32)20-22-5-2-1-3-6-22/h1-13,18-19H,14-17,20-21H2. The van der Waals surface area contributed by atoms with Gasteiger partial charge in [0.15, 0.2) is 5.76 Å². The van der Waals surface area contributed by atoms with Gasteiger partial charge in [0.1, 0.15) is 11.6 Å². The van der Waals surface area contributed by atoms with Crippen LogP contribution in [0.4, 0.5) is 15.9 Å². The third-order valence-corrected chi connectivity index (χ3v) is 6.21. The van der Waals surface area contributed by atoms with Crippen molar-refractivity contribution in [3.63, 3.8) is 0 Å². The summed E-state index contributed by atoms with van der Waals surface area (Å²) < 4.78 is 18.8. The number of hydrogen-bond donors (Lipinski definition) is 0. The van der Waals surface area contributed by atoms with E-state index in [-0.39, 0.29) is 17.5 Å². The second kappa shape index (κ2) is 10.5. The Labute approximate surface area is 204 Å². The number of amides is 1. The van der Waals surface area contributed by atoms with Crippen molar-refractivity contribution in [2.75, 3.05) is 36.0 Å². The molecule has 0 saturated carbocycles. The second-order valence-electron chi connectivity index (χ2n) is 8.62. The highest BCUT2D eigenvalue weighted by atomic mass is 19.1. The molecule has 0 aliphatic carbocycles. The Hall–Kier alpha value is -3.97. The van der Waals surface area contributed by atoms with E-state index >= 15 is 0 Å². The molecule has 0 unspecified atom stereocenters. The van der Waals surface area contributed by atoms with E-state index in [4.69, 9.17) is 4.42 Å². The SMILES string of the molecule is O=C(c1ccco1)N(Cc1ccc(N2CCN(Cc3ccccc3)CC2)nc1)c1ccc(F)cc1. The number of carbonyl (C=O) groups is 1. The molecule has 0 bridgehead atoms. The molecule has 2 aromatic carbocycles. The zero-order valence-electron chi connectivity index (χ0n) is 19.4. The fourth-order valence-corrected chi connectivity index (χ4v) is 4.29. The highest BCUT2D eigenvalue weighted by Gasteiger charge is 2.22. The monoisotopic (exact) mass is 470 g/mol. The van der Waals surface area contributed by atoms with Crippen molar-refractivity contribution >= 4 is 17.4 Å². The van der Waals surface area contributed by atoms with Crippen molar-refractivity contribution in [2.24, 2.45) is 0 Å². The summed E-state index contributed by atoms with van der Waals surface area (Å²) >= 11 is 0. The maximum Gasteiger partial charge on any atom is 0.294 e. The molecule has 0 radical (unpaired) electrons. The van der Waals surface area contributed by atoms with Crippen molar-refractivity contribution in [3.05, 3.63) is 114 Å². The number of carbonyl (C=O) groups excluding carboxylic acids is 1. The maximum absolute atomic E-state index is 13.5. The van der Waals surface area contributed by atoms with Gasteiger partial charge in [-0.15, -0.1) is 0 Å². The van der Waals surface area contributed by atoms with Gasteiger partial charge < -0.3 is 14.2 Å². The van der Waals surface area contributed by atoms with E-state index < -0.39 is 0 Å². The molecule has 0 N–H and O–H groups in total. The molecule has 1 amide bonds. The van der Waals surface area contributed by atoms with Crippen LogP contribution in [-0.4, -0.2) is 42.0 Å². The second-order valence-corrected chi connectivity index (χ2v) is 8.62. The van der Waals surface area contributed by atoms with Crippen molar-refractivity contribution in [1.29, 1.82) is 0 Å². The first-order valence-corrected chi connectivity index (χ1v) is 11.7. The van der Waals surface area contributed by atoms with Gasteiger partial charge >= 0.3 is 0 Å². The number of piperazine rings is 1. The fraction of sp³-hybridized carbons (Fsp3) is 0.214. The number of nitrogens with zero attached hydrogens (tertiary/aromatic N) is 4. The summed E-state index contributed by atoms with van der Waals surface area (Å²) in [5.74, 6) is 0.514. The first-order valence-electron chi connectivity index (χ1n) is 11.7.